The smallest absolute Gasteiger partial charge is 0.311 e. The lowest BCUT2D eigenvalue weighted by molar-refractivity contribution is -0.384. The SMILES string of the molecule is COCC(C)(C)Nc1c(Cl)cncc1[N+](=O)[O-]. The normalized spacial score (nSPS) is 11.3. The Morgan fingerprint density at radius 2 is 2.24 bits per heavy atom. The molecule has 0 bridgehead atoms. The molecule has 0 unspecified atom stereocenters. The summed E-state index contributed by atoms with van der Waals surface area (Å²) in [5, 5.41) is 14.1. The number of hydrogen-bond acceptors (Lipinski definition) is 5. The lowest BCUT2D eigenvalue weighted by Crippen LogP contribution is -2.36. The number of nitro groups is 1. The summed E-state index contributed by atoms with van der Waals surface area (Å²) in [5.74, 6) is 0. The van der Waals surface area contributed by atoms with Gasteiger partial charge in [-0.05, 0) is 13.8 Å². The van der Waals surface area contributed by atoms with Crippen LogP contribution in [-0.2, 0) is 4.74 Å². The predicted octanol–water partition coefficient (Wildman–Crippen LogP) is 2.48. The summed E-state index contributed by atoms with van der Waals surface area (Å²) >= 11 is 5.91. The molecule has 6 nitrogen and oxygen atoms in total. The highest BCUT2D eigenvalue weighted by molar-refractivity contribution is 6.33. The van der Waals surface area contributed by atoms with Crippen molar-refractivity contribution in [2.45, 2.75) is 19.4 Å². The molecule has 0 aromatic carbocycles. The fourth-order valence-corrected chi connectivity index (χ4v) is 1.62. The van der Waals surface area contributed by atoms with Gasteiger partial charge >= 0.3 is 5.69 Å². The van der Waals surface area contributed by atoms with E-state index in [0.717, 1.165) is 6.20 Å². The Labute approximate surface area is 104 Å². The molecule has 1 rings (SSSR count). The van der Waals surface area contributed by atoms with Gasteiger partial charge in [0.2, 0.25) is 0 Å². The van der Waals surface area contributed by atoms with Gasteiger partial charge in [0, 0.05) is 13.3 Å². The van der Waals surface area contributed by atoms with Crippen LogP contribution in [0, 0.1) is 10.1 Å². The van der Waals surface area contributed by atoms with Gasteiger partial charge in [-0.25, -0.2) is 0 Å². The van der Waals surface area contributed by atoms with Crippen molar-refractivity contribution in [2.24, 2.45) is 0 Å². The number of nitrogens with one attached hydrogen (secondary N) is 1. The second-order valence-electron chi connectivity index (χ2n) is 4.21. The fourth-order valence-electron chi connectivity index (χ4n) is 1.42. The van der Waals surface area contributed by atoms with Gasteiger partial charge in [0.15, 0.2) is 0 Å². The van der Waals surface area contributed by atoms with Crippen LogP contribution in [0.15, 0.2) is 12.4 Å². The maximum absolute atomic E-state index is 10.9. The number of aromatic nitrogens is 1. The standard InChI is InChI=1S/C10H14ClN3O3/c1-10(2,6-17-3)13-9-7(11)4-12-5-8(9)14(15)16/h4-5H,6H2,1-3H3,(H,12,13). The molecule has 1 aromatic heterocycles. The van der Waals surface area contributed by atoms with Crippen molar-refractivity contribution in [3.63, 3.8) is 0 Å². The second-order valence-corrected chi connectivity index (χ2v) is 4.62. The van der Waals surface area contributed by atoms with Crippen LogP contribution in [-0.4, -0.2) is 29.2 Å². The second kappa shape index (κ2) is 5.29. The van der Waals surface area contributed by atoms with Gasteiger partial charge in [-0.3, -0.25) is 15.1 Å². The van der Waals surface area contributed by atoms with Crippen molar-refractivity contribution < 1.29 is 9.66 Å². The summed E-state index contributed by atoms with van der Waals surface area (Å²) in [5.41, 5.74) is -0.361. The quantitative estimate of drug-likeness (QED) is 0.649. The van der Waals surface area contributed by atoms with E-state index in [4.69, 9.17) is 16.3 Å². The zero-order chi connectivity index (χ0) is 13.1. The number of pyridine rings is 1. The fraction of sp³-hybridized carbons (Fsp3) is 0.500. The highest BCUT2D eigenvalue weighted by Crippen LogP contribution is 2.32. The lowest BCUT2D eigenvalue weighted by Gasteiger charge is -2.26. The Morgan fingerprint density at radius 1 is 1.59 bits per heavy atom. The molecule has 0 fully saturated rings. The van der Waals surface area contributed by atoms with E-state index in [1.54, 1.807) is 7.11 Å². The van der Waals surface area contributed by atoms with E-state index in [0.29, 0.717) is 6.61 Å². The minimum Gasteiger partial charge on any atom is -0.382 e. The molecular weight excluding hydrogens is 246 g/mol. The number of hydrogen-bond donors (Lipinski definition) is 1. The molecule has 0 amide bonds. The van der Waals surface area contributed by atoms with Gasteiger partial charge in [0.1, 0.15) is 11.9 Å². The molecule has 0 aliphatic rings. The minimum absolute atomic E-state index is 0.151. The first kappa shape index (κ1) is 13.7. The zero-order valence-corrected chi connectivity index (χ0v) is 10.6. The Kier molecular flexibility index (Phi) is 4.25. The van der Waals surface area contributed by atoms with Gasteiger partial charge < -0.3 is 10.1 Å². The van der Waals surface area contributed by atoms with E-state index in [1.165, 1.54) is 6.20 Å². The largest absolute Gasteiger partial charge is 0.382 e. The molecule has 1 aromatic rings. The molecule has 1 heterocycles. The molecule has 0 saturated carbocycles. The van der Waals surface area contributed by atoms with Crippen LogP contribution >= 0.6 is 11.6 Å². The Bertz CT molecular complexity index is 423. The lowest BCUT2D eigenvalue weighted by atomic mass is 10.1. The summed E-state index contributed by atoms with van der Waals surface area (Å²) in [4.78, 5) is 14.0. The molecule has 7 heteroatoms. The Morgan fingerprint density at radius 3 is 2.76 bits per heavy atom. The van der Waals surface area contributed by atoms with Crippen molar-refractivity contribution in [1.82, 2.24) is 4.98 Å². The third-order valence-electron chi connectivity index (χ3n) is 2.04. The first-order chi connectivity index (χ1) is 7.87. The molecule has 0 aliphatic heterocycles. The van der Waals surface area contributed by atoms with E-state index in [1.807, 2.05) is 13.8 Å². The predicted molar refractivity (Wildman–Crippen MR) is 65.5 cm³/mol. The highest BCUT2D eigenvalue weighted by Gasteiger charge is 2.25. The van der Waals surface area contributed by atoms with Gasteiger partial charge in [0.25, 0.3) is 0 Å². The van der Waals surface area contributed by atoms with E-state index in [2.05, 4.69) is 10.3 Å². The van der Waals surface area contributed by atoms with Gasteiger partial charge in [-0.1, -0.05) is 11.6 Å². The van der Waals surface area contributed by atoms with E-state index in [-0.39, 0.29) is 16.4 Å². The van der Waals surface area contributed by atoms with Crippen molar-refractivity contribution in [3.8, 4) is 0 Å². The third kappa shape index (κ3) is 3.54. The van der Waals surface area contributed by atoms with E-state index in [9.17, 15) is 10.1 Å². The van der Waals surface area contributed by atoms with Crippen LogP contribution < -0.4 is 5.32 Å². The van der Waals surface area contributed by atoms with Gasteiger partial charge in [0.05, 0.1) is 22.1 Å². The molecule has 0 spiro atoms. The van der Waals surface area contributed by atoms with Crippen LogP contribution in [0.1, 0.15) is 13.8 Å². The summed E-state index contributed by atoms with van der Waals surface area (Å²) in [6.07, 6.45) is 2.52. The van der Waals surface area contributed by atoms with Crippen LogP contribution in [0.5, 0.6) is 0 Å². The summed E-state index contributed by atoms with van der Waals surface area (Å²) in [6, 6.07) is 0. The van der Waals surface area contributed by atoms with E-state index >= 15 is 0 Å². The summed E-state index contributed by atoms with van der Waals surface area (Å²) in [7, 11) is 1.56. The maximum Gasteiger partial charge on any atom is 0.311 e. The number of methoxy groups -OCH3 is 1. The molecule has 0 saturated heterocycles. The number of anilines is 1. The minimum atomic E-state index is -0.524. The zero-order valence-electron chi connectivity index (χ0n) is 9.86. The molecular formula is C10H14ClN3O3. The molecule has 94 valence electrons. The number of nitrogens with zero attached hydrogens (tertiary/aromatic N) is 2. The molecule has 1 N–H and O–H groups in total. The average molecular weight is 260 g/mol. The molecule has 17 heavy (non-hydrogen) atoms. The van der Waals surface area contributed by atoms with Crippen LogP contribution in [0.3, 0.4) is 0 Å². The topological polar surface area (TPSA) is 77.3 Å². The molecule has 0 atom stereocenters. The van der Waals surface area contributed by atoms with Crippen molar-refractivity contribution in [1.29, 1.82) is 0 Å². The summed E-state index contributed by atoms with van der Waals surface area (Å²) < 4.78 is 5.03. The maximum atomic E-state index is 10.9. The first-order valence-corrected chi connectivity index (χ1v) is 5.30. The van der Waals surface area contributed by atoms with Crippen LogP contribution in [0.2, 0.25) is 5.02 Å². The Balaban J connectivity index is 3.08. The number of rotatable bonds is 5. The van der Waals surface area contributed by atoms with Crippen LogP contribution in [0.25, 0.3) is 0 Å². The average Bonchev–Trinajstić information content (AvgIpc) is 2.20. The molecule has 0 aliphatic carbocycles. The Hall–Kier alpha value is -1.40. The summed E-state index contributed by atoms with van der Waals surface area (Å²) in [6.45, 7) is 4.11. The van der Waals surface area contributed by atoms with Crippen molar-refractivity contribution in [2.75, 3.05) is 19.0 Å². The van der Waals surface area contributed by atoms with Gasteiger partial charge in [-0.15, -0.1) is 0 Å². The molecule has 0 radical (unpaired) electrons. The monoisotopic (exact) mass is 259 g/mol. The number of halogens is 1. The van der Waals surface area contributed by atoms with Crippen LogP contribution in [0.4, 0.5) is 11.4 Å². The van der Waals surface area contributed by atoms with E-state index < -0.39 is 10.5 Å². The third-order valence-corrected chi connectivity index (χ3v) is 2.33. The number of ether oxygens (including phenoxy) is 1. The van der Waals surface area contributed by atoms with Crippen molar-refractivity contribution >= 4 is 23.0 Å². The van der Waals surface area contributed by atoms with Gasteiger partial charge in [-0.2, -0.15) is 0 Å². The van der Waals surface area contributed by atoms with Crippen molar-refractivity contribution in [3.05, 3.63) is 27.5 Å². The first-order valence-electron chi connectivity index (χ1n) is 4.92. The highest BCUT2D eigenvalue weighted by atomic mass is 35.5.